The molecule has 1 fully saturated rings. The zero-order chi connectivity index (χ0) is 13.1. The maximum atomic E-state index is 6.44. The molecule has 0 aliphatic heterocycles. The van der Waals surface area contributed by atoms with E-state index in [2.05, 4.69) is 20.1 Å². The molecule has 0 bridgehead atoms. The Kier molecular flexibility index (Phi) is 3.25. The number of hydrogen-bond donors (Lipinski definition) is 1. The molecule has 0 aromatic carbocycles. The van der Waals surface area contributed by atoms with Gasteiger partial charge in [0.2, 0.25) is 11.7 Å². The van der Waals surface area contributed by atoms with E-state index in [1.54, 1.807) is 18.6 Å². The predicted molar refractivity (Wildman–Crippen MR) is 68.9 cm³/mol. The van der Waals surface area contributed by atoms with Gasteiger partial charge in [0, 0.05) is 12.4 Å². The molecule has 0 amide bonds. The van der Waals surface area contributed by atoms with E-state index in [1.165, 1.54) is 12.8 Å². The maximum absolute atomic E-state index is 6.44. The van der Waals surface area contributed by atoms with Crippen molar-refractivity contribution in [1.29, 1.82) is 0 Å². The molecule has 6 heteroatoms. The van der Waals surface area contributed by atoms with Gasteiger partial charge in [-0.25, -0.2) is 4.98 Å². The number of hydrogen-bond acceptors (Lipinski definition) is 6. The van der Waals surface area contributed by atoms with Crippen molar-refractivity contribution in [3.8, 4) is 11.5 Å². The van der Waals surface area contributed by atoms with E-state index in [0.717, 1.165) is 25.7 Å². The minimum atomic E-state index is -0.482. The molecule has 6 nitrogen and oxygen atoms in total. The van der Waals surface area contributed by atoms with Crippen molar-refractivity contribution >= 4 is 0 Å². The molecule has 2 heterocycles. The first kappa shape index (κ1) is 12.2. The molecule has 100 valence electrons. The van der Waals surface area contributed by atoms with Crippen LogP contribution in [-0.4, -0.2) is 20.1 Å². The summed E-state index contributed by atoms with van der Waals surface area (Å²) in [5.41, 5.74) is 6.56. The lowest BCUT2D eigenvalue weighted by Crippen LogP contribution is -2.36. The summed E-state index contributed by atoms with van der Waals surface area (Å²) in [5.74, 6) is 0.979. The molecular weight excluding hydrogens is 242 g/mol. The normalized spacial score (nSPS) is 19.0. The fraction of sp³-hybridized carbons (Fsp3) is 0.538. The van der Waals surface area contributed by atoms with E-state index < -0.39 is 5.54 Å². The Hall–Kier alpha value is -1.82. The summed E-state index contributed by atoms with van der Waals surface area (Å²) >= 11 is 0. The van der Waals surface area contributed by atoms with Crippen molar-refractivity contribution in [2.45, 2.75) is 44.1 Å². The van der Waals surface area contributed by atoms with E-state index in [0.29, 0.717) is 17.4 Å². The third kappa shape index (κ3) is 2.49. The summed E-state index contributed by atoms with van der Waals surface area (Å²) in [5, 5.41) is 3.97. The zero-order valence-corrected chi connectivity index (χ0v) is 10.7. The lowest BCUT2D eigenvalue weighted by atomic mass is 9.91. The van der Waals surface area contributed by atoms with Gasteiger partial charge in [-0.1, -0.05) is 30.8 Å². The molecule has 3 rings (SSSR count). The van der Waals surface area contributed by atoms with Crippen molar-refractivity contribution in [1.82, 2.24) is 20.1 Å². The lowest BCUT2D eigenvalue weighted by Gasteiger charge is -2.22. The van der Waals surface area contributed by atoms with Crippen LogP contribution in [0.5, 0.6) is 0 Å². The largest absolute Gasteiger partial charge is 0.337 e. The molecule has 0 spiro atoms. The summed E-state index contributed by atoms with van der Waals surface area (Å²) in [4.78, 5) is 12.6. The van der Waals surface area contributed by atoms with E-state index in [-0.39, 0.29) is 0 Å². The maximum Gasteiger partial charge on any atom is 0.247 e. The lowest BCUT2D eigenvalue weighted by molar-refractivity contribution is 0.257. The van der Waals surface area contributed by atoms with Crippen LogP contribution in [0.2, 0.25) is 0 Å². The van der Waals surface area contributed by atoms with Gasteiger partial charge in [0.1, 0.15) is 5.69 Å². The second kappa shape index (κ2) is 5.05. The van der Waals surface area contributed by atoms with Crippen LogP contribution in [0, 0.1) is 0 Å². The first-order valence-electron chi connectivity index (χ1n) is 6.67. The second-order valence-electron chi connectivity index (χ2n) is 5.08. The van der Waals surface area contributed by atoms with Gasteiger partial charge in [0.15, 0.2) is 0 Å². The minimum absolute atomic E-state index is 0.456. The standard InChI is InChI=1S/C13H17N5O/c14-13(5-3-1-2-4-6-13)12-17-11(18-19-12)10-9-15-7-8-16-10/h7-9H,1-6,14H2. The van der Waals surface area contributed by atoms with Gasteiger partial charge in [-0.2, -0.15) is 4.98 Å². The predicted octanol–water partition coefficient (Wildman–Crippen LogP) is 2.03. The van der Waals surface area contributed by atoms with Crippen LogP contribution >= 0.6 is 0 Å². The van der Waals surface area contributed by atoms with Gasteiger partial charge in [0.05, 0.1) is 11.7 Å². The van der Waals surface area contributed by atoms with Gasteiger partial charge in [-0.05, 0) is 12.8 Å². The topological polar surface area (TPSA) is 90.7 Å². The number of aromatic nitrogens is 4. The summed E-state index contributed by atoms with van der Waals surface area (Å²) in [6.07, 6.45) is 11.3. The Morgan fingerprint density at radius 2 is 1.89 bits per heavy atom. The van der Waals surface area contributed by atoms with Crippen LogP contribution in [0.4, 0.5) is 0 Å². The second-order valence-corrected chi connectivity index (χ2v) is 5.08. The van der Waals surface area contributed by atoms with Crippen molar-refractivity contribution in [3.63, 3.8) is 0 Å². The first-order valence-corrected chi connectivity index (χ1v) is 6.67. The molecule has 1 saturated carbocycles. The Morgan fingerprint density at radius 3 is 2.58 bits per heavy atom. The molecule has 0 atom stereocenters. The van der Waals surface area contributed by atoms with Crippen LogP contribution < -0.4 is 5.73 Å². The van der Waals surface area contributed by atoms with Crippen molar-refractivity contribution in [3.05, 3.63) is 24.5 Å². The van der Waals surface area contributed by atoms with Gasteiger partial charge < -0.3 is 10.3 Å². The van der Waals surface area contributed by atoms with Crippen LogP contribution in [-0.2, 0) is 5.54 Å². The van der Waals surface area contributed by atoms with E-state index in [1.807, 2.05) is 0 Å². The van der Waals surface area contributed by atoms with Crippen molar-refractivity contribution in [2.75, 3.05) is 0 Å². The molecule has 2 N–H and O–H groups in total. The molecule has 19 heavy (non-hydrogen) atoms. The highest BCUT2D eigenvalue weighted by Crippen LogP contribution is 2.33. The van der Waals surface area contributed by atoms with Crippen LogP contribution in [0.3, 0.4) is 0 Å². The molecule has 0 radical (unpaired) electrons. The van der Waals surface area contributed by atoms with Crippen LogP contribution in [0.1, 0.15) is 44.4 Å². The Bertz CT molecular complexity index is 531. The SMILES string of the molecule is NC1(c2nc(-c3cnccn3)no2)CCCCCC1. The highest BCUT2D eigenvalue weighted by atomic mass is 16.5. The monoisotopic (exact) mass is 259 g/mol. The Morgan fingerprint density at radius 1 is 1.11 bits per heavy atom. The van der Waals surface area contributed by atoms with Gasteiger partial charge in [-0.15, -0.1) is 0 Å². The fourth-order valence-corrected chi connectivity index (χ4v) is 2.52. The van der Waals surface area contributed by atoms with E-state index >= 15 is 0 Å². The zero-order valence-electron chi connectivity index (χ0n) is 10.7. The van der Waals surface area contributed by atoms with E-state index in [9.17, 15) is 0 Å². The van der Waals surface area contributed by atoms with Crippen LogP contribution in [0.15, 0.2) is 23.1 Å². The highest BCUT2D eigenvalue weighted by molar-refractivity contribution is 5.45. The first-order chi connectivity index (χ1) is 9.28. The molecular formula is C13H17N5O. The Labute approximate surface area is 111 Å². The summed E-state index contributed by atoms with van der Waals surface area (Å²) in [7, 11) is 0. The molecule has 2 aromatic rings. The van der Waals surface area contributed by atoms with Gasteiger partial charge >= 0.3 is 0 Å². The molecule has 1 aliphatic rings. The number of nitrogens with zero attached hydrogens (tertiary/aromatic N) is 4. The average molecular weight is 259 g/mol. The van der Waals surface area contributed by atoms with Crippen molar-refractivity contribution in [2.24, 2.45) is 5.73 Å². The summed E-state index contributed by atoms with van der Waals surface area (Å²) < 4.78 is 5.36. The number of rotatable bonds is 2. The smallest absolute Gasteiger partial charge is 0.247 e. The number of nitrogens with two attached hydrogens (primary N) is 1. The summed E-state index contributed by atoms with van der Waals surface area (Å²) in [6, 6.07) is 0. The molecule has 0 unspecified atom stereocenters. The molecule has 0 saturated heterocycles. The quantitative estimate of drug-likeness (QED) is 0.830. The van der Waals surface area contributed by atoms with Gasteiger partial charge in [-0.3, -0.25) is 4.98 Å². The minimum Gasteiger partial charge on any atom is -0.337 e. The molecule has 2 aromatic heterocycles. The molecule has 1 aliphatic carbocycles. The third-order valence-corrected chi connectivity index (χ3v) is 3.64. The van der Waals surface area contributed by atoms with Crippen LogP contribution in [0.25, 0.3) is 11.5 Å². The van der Waals surface area contributed by atoms with E-state index in [4.69, 9.17) is 10.3 Å². The third-order valence-electron chi connectivity index (χ3n) is 3.64. The van der Waals surface area contributed by atoms with Gasteiger partial charge in [0.25, 0.3) is 0 Å². The van der Waals surface area contributed by atoms with Crippen molar-refractivity contribution < 1.29 is 4.52 Å². The summed E-state index contributed by atoms with van der Waals surface area (Å²) in [6.45, 7) is 0. The fourth-order valence-electron chi connectivity index (χ4n) is 2.52. The highest BCUT2D eigenvalue weighted by Gasteiger charge is 2.34. The Balaban J connectivity index is 1.88. The average Bonchev–Trinajstić information content (AvgIpc) is 2.85.